The molecule has 6 heteroatoms. The van der Waals surface area contributed by atoms with Gasteiger partial charge in [0.05, 0.1) is 5.60 Å². The van der Waals surface area contributed by atoms with Crippen LogP contribution in [0.1, 0.15) is 77.6 Å². The Hall–Kier alpha value is -0.880. The number of carbonyl (C=O) groups excluding carboxylic acids is 1. The Morgan fingerprint density at radius 1 is 1.06 bits per heavy atom. The number of allylic oxidation sites excluding steroid dienone is 5. The van der Waals surface area contributed by atoms with Gasteiger partial charge in [-0.2, -0.15) is 13.2 Å². The van der Waals surface area contributed by atoms with E-state index in [-0.39, 0.29) is 23.7 Å². The molecule has 2 unspecified atom stereocenters. The van der Waals surface area contributed by atoms with Crippen LogP contribution in [0.5, 0.6) is 0 Å². The molecule has 182 valence electrons. The average Bonchev–Trinajstić information content (AvgIpc) is 3.02. The lowest BCUT2D eigenvalue weighted by molar-refractivity contribution is -0.114. The minimum atomic E-state index is -4.42. The van der Waals surface area contributed by atoms with Crippen molar-refractivity contribution in [2.75, 3.05) is 0 Å². The fourth-order valence-electron chi connectivity index (χ4n) is 8.17. The molecule has 0 saturated heterocycles. The SMILES string of the molecule is C[C@]12C[C@H](C3CCC(Br)CC3)C3=C4CCC(=O)C=C4CCC3C1CC[C@@]2(O)/C=C/C(F)(F)F. The summed E-state index contributed by atoms with van der Waals surface area (Å²) >= 11 is 3.77. The predicted octanol–water partition coefficient (Wildman–Crippen LogP) is 7.22. The Bertz CT molecular complexity index is 911. The van der Waals surface area contributed by atoms with Crippen molar-refractivity contribution < 1.29 is 23.1 Å². The Kier molecular flexibility index (Phi) is 6.04. The van der Waals surface area contributed by atoms with E-state index in [9.17, 15) is 23.1 Å². The van der Waals surface area contributed by atoms with Gasteiger partial charge in [-0.15, -0.1) is 0 Å². The van der Waals surface area contributed by atoms with Gasteiger partial charge in [0, 0.05) is 22.7 Å². The maximum absolute atomic E-state index is 13.1. The Balaban J connectivity index is 1.58. The molecule has 0 bridgehead atoms. The van der Waals surface area contributed by atoms with Crippen LogP contribution >= 0.6 is 15.9 Å². The molecule has 0 spiro atoms. The van der Waals surface area contributed by atoms with E-state index < -0.39 is 17.2 Å². The van der Waals surface area contributed by atoms with Gasteiger partial charge in [-0.1, -0.05) is 28.4 Å². The molecular weight excluding hydrogens is 493 g/mol. The van der Waals surface area contributed by atoms with Gasteiger partial charge in [0.1, 0.15) is 0 Å². The maximum atomic E-state index is 13.1. The maximum Gasteiger partial charge on any atom is 0.409 e. The van der Waals surface area contributed by atoms with Crippen molar-refractivity contribution in [2.45, 2.75) is 94.2 Å². The van der Waals surface area contributed by atoms with Crippen LogP contribution in [0.25, 0.3) is 0 Å². The second kappa shape index (κ2) is 8.36. The first-order valence-corrected chi connectivity index (χ1v) is 13.5. The molecule has 2 nitrogen and oxygen atoms in total. The monoisotopic (exact) mass is 526 g/mol. The van der Waals surface area contributed by atoms with Gasteiger partial charge >= 0.3 is 6.18 Å². The minimum absolute atomic E-state index is 0.186. The number of fused-ring (bicyclic) bond motifs is 4. The van der Waals surface area contributed by atoms with Crippen molar-refractivity contribution in [1.82, 2.24) is 0 Å². The van der Waals surface area contributed by atoms with Crippen LogP contribution in [-0.2, 0) is 4.79 Å². The highest BCUT2D eigenvalue weighted by Crippen LogP contribution is 2.67. The highest BCUT2D eigenvalue weighted by atomic mass is 79.9. The van der Waals surface area contributed by atoms with Gasteiger partial charge < -0.3 is 5.11 Å². The lowest BCUT2D eigenvalue weighted by atomic mass is 9.49. The number of hydrogen-bond donors (Lipinski definition) is 1. The summed E-state index contributed by atoms with van der Waals surface area (Å²) in [4.78, 5) is 12.7. The summed E-state index contributed by atoms with van der Waals surface area (Å²) in [6.45, 7) is 2.06. The first kappa shape index (κ1) is 23.8. The number of ketones is 1. The topological polar surface area (TPSA) is 37.3 Å². The third-order valence-corrected chi connectivity index (χ3v) is 10.7. The molecule has 0 aromatic rings. The van der Waals surface area contributed by atoms with Crippen molar-refractivity contribution >= 4 is 21.7 Å². The molecule has 3 saturated carbocycles. The van der Waals surface area contributed by atoms with Crippen LogP contribution in [0.3, 0.4) is 0 Å². The lowest BCUT2D eigenvalue weighted by Crippen LogP contribution is -2.52. The van der Waals surface area contributed by atoms with Gasteiger partial charge in [0.2, 0.25) is 0 Å². The van der Waals surface area contributed by atoms with E-state index in [4.69, 9.17) is 0 Å². The van der Waals surface area contributed by atoms with Crippen molar-refractivity contribution in [2.24, 2.45) is 29.1 Å². The molecule has 33 heavy (non-hydrogen) atoms. The second-order valence-electron chi connectivity index (χ2n) is 11.4. The van der Waals surface area contributed by atoms with E-state index in [2.05, 4.69) is 22.9 Å². The molecule has 1 N–H and O–H groups in total. The van der Waals surface area contributed by atoms with Crippen LogP contribution in [0, 0.1) is 29.1 Å². The molecule has 0 heterocycles. The molecule has 3 fully saturated rings. The van der Waals surface area contributed by atoms with E-state index in [1.165, 1.54) is 16.7 Å². The zero-order valence-corrected chi connectivity index (χ0v) is 20.9. The Morgan fingerprint density at radius 3 is 2.48 bits per heavy atom. The standard InChI is InChI=1S/C27H34BrF3O2/c1-25-15-22(16-2-5-18(28)6-3-16)24-20-9-7-19(32)14-17(20)4-8-21(24)23(25)10-11-26(25,33)12-13-27(29,30)31/h12-14,16,18,21-23,33H,2-11,15H2,1H3/b13-12+/t16?,18?,21?,22-,23?,25+,26-/m1/s1. The molecule has 0 amide bonds. The van der Waals surface area contributed by atoms with Crippen molar-refractivity contribution in [3.8, 4) is 0 Å². The molecule has 5 atom stereocenters. The van der Waals surface area contributed by atoms with Crippen LogP contribution in [0.2, 0.25) is 0 Å². The molecule has 5 aliphatic carbocycles. The van der Waals surface area contributed by atoms with E-state index in [0.717, 1.165) is 63.9 Å². The Labute approximate surface area is 202 Å². The second-order valence-corrected chi connectivity index (χ2v) is 12.7. The van der Waals surface area contributed by atoms with Crippen molar-refractivity contribution in [1.29, 1.82) is 0 Å². The molecule has 0 aliphatic heterocycles. The third kappa shape index (κ3) is 4.11. The normalized spacial score (nSPS) is 43.9. The van der Waals surface area contributed by atoms with Crippen LogP contribution in [0.4, 0.5) is 13.2 Å². The largest absolute Gasteiger partial charge is 0.409 e. The summed E-state index contributed by atoms with van der Waals surface area (Å²) < 4.78 is 39.2. The van der Waals surface area contributed by atoms with Crippen LogP contribution in [0.15, 0.2) is 34.9 Å². The van der Waals surface area contributed by atoms with Gasteiger partial charge in [0.15, 0.2) is 5.78 Å². The van der Waals surface area contributed by atoms with Crippen molar-refractivity contribution in [3.63, 3.8) is 0 Å². The third-order valence-electron chi connectivity index (χ3n) is 9.81. The van der Waals surface area contributed by atoms with Crippen LogP contribution < -0.4 is 0 Å². The summed E-state index contributed by atoms with van der Waals surface area (Å²) in [5.74, 6) is 1.49. The highest BCUT2D eigenvalue weighted by molar-refractivity contribution is 9.09. The summed E-state index contributed by atoms with van der Waals surface area (Å²) in [6.07, 6.45) is 8.32. The summed E-state index contributed by atoms with van der Waals surface area (Å²) in [6, 6.07) is 0. The zero-order valence-electron chi connectivity index (χ0n) is 19.3. The van der Waals surface area contributed by atoms with Gasteiger partial charge in [-0.25, -0.2) is 0 Å². The number of hydrogen-bond acceptors (Lipinski definition) is 2. The van der Waals surface area contributed by atoms with E-state index in [1.54, 1.807) is 0 Å². The van der Waals surface area contributed by atoms with E-state index in [0.29, 0.717) is 29.5 Å². The number of aliphatic hydroxyl groups is 1. The number of alkyl halides is 4. The highest BCUT2D eigenvalue weighted by Gasteiger charge is 2.62. The average molecular weight is 527 g/mol. The zero-order chi connectivity index (χ0) is 23.6. The van der Waals surface area contributed by atoms with Gasteiger partial charge in [-0.3, -0.25) is 4.79 Å². The minimum Gasteiger partial charge on any atom is -0.385 e. The molecule has 5 rings (SSSR count). The number of rotatable bonds is 2. The number of halogens is 4. The Morgan fingerprint density at radius 2 is 1.79 bits per heavy atom. The molecule has 0 aromatic heterocycles. The lowest BCUT2D eigenvalue weighted by Gasteiger charge is -2.56. The number of carbonyl (C=O) groups is 1. The fourth-order valence-corrected chi connectivity index (χ4v) is 8.70. The molecule has 0 aromatic carbocycles. The first-order chi connectivity index (χ1) is 15.5. The molecular formula is C27H34BrF3O2. The molecule has 5 aliphatic rings. The summed E-state index contributed by atoms with van der Waals surface area (Å²) in [5, 5.41) is 11.7. The predicted molar refractivity (Wildman–Crippen MR) is 126 cm³/mol. The fraction of sp³-hybridized carbons (Fsp3) is 0.741. The quantitative estimate of drug-likeness (QED) is 0.304. The van der Waals surface area contributed by atoms with E-state index >= 15 is 0 Å². The van der Waals surface area contributed by atoms with Gasteiger partial charge in [-0.05, 0) is 111 Å². The first-order valence-electron chi connectivity index (χ1n) is 12.6. The van der Waals surface area contributed by atoms with E-state index in [1.807, 2.05) is 6.08 Å². The summed E-state index contributed by atoms with van der Waals surface area (Å²) in [5.41, 5.74) is 2.13. The van der Waals surface area contributed by atoms with Crippen LogP contribution in [-0.4, -0.2) is 27.5 Å². The van der Waals surface area contributed by atoms with Crippen molar-refractivity contribution in [3.05, 3.63) is 34.9 Å². The van der Waals surface area contributed by atoms with Gasteiger partial charge in [0.25, 0.3) is 0 Å². The summed E-state index contributed by atoms with van der Waals surface area (Å²) in [7, 11) is 0. The molecule has 0 radical (unpaired) electrons. The smallest absolute Gasteiger partial charge is 0.385 e.